The number of aliphatic carboxylic acids is 1. The maximum atomic E-state index is 12.6. The van der Waals surface area contributed by atoms with Crippen molar-refractivity contribution >= 4 is 29.3 Å². The van der Waals surface area contributed by atoms with E-state index in [4.69, 9.17) is 21.0 Å². The van der Waals surface area contributed by atoms with Crippen molar-refractivity contribution in [1.29, 1.82) is 5.41 Å². The number of likely N-dealkylation sites (tertiary alicyclic amines) is 1. The number of benzene rings is 2. The van der Waals surface area contributed by atoms with Crippen LogP contribution < -0.4 is 11.1 Å². The molecule has 35 heavy (non-hydrogen) atoms. The van der Waals surface area contributed by atoms with E-state index in [-0.39, 0.29) is 23.0 Å². The van der Waals surface area contributed by atoms with E-state index in [0.717, 1.165) is 5.56 Å². The molecule has 186 valence electrons. The minimum absolute atomic E-state index is 0.0390. The topological polar surface area (TPSA) is 180 Å². The zero-order valence-corrected chi connectivity index (χ0v) is 17.9. The number of carbonyl (C=O) groups is 3. The number of nitrogens with two attached hydrogens (primary N) is 1. The molecule has 0 aliphatic carbocycles. The third-order valence-corrected chi connectivity index (χ3v) is 4.80. The van der Waals surface area contributed by atoms with E-state index in [9.17, 15) is 32.9 Å². The van der Waals surface area contributed by atoms with Crippen LogP contribution in [0.15, 0.2) is 48.5 Å². The molecule has 3 rings (SSSR count). The lowest BCUT2D eigenvalue weighted by molar-refractivity contribution is -0.384. The van der Waals surface area contributed by atoms with E-state index in [0.29, 0.717) is 25.1 Å². The molecule has 5 N–H and O–H groups in total. The Morgan fingerprint density at radius 3 is 2.31 bits per heavy atom. The number of nitrogens with one attached hydrogen (secondary N) is 2. The highest BCUT2D eigenvalue weighted by atomic mass is 19.4. The molecular weight excluding hydrogens is 475 g/mol. The Hall–Kier alpha value is -4.49. The van der Waals surface area contributed by atoms with Gasteiger partial charge in [0, 0.05) is 36.3 Å². The number of amidine groups is 1. The number of non-ortho nitro benzene ring substituents is 1. The third kappa shape index (κ3) is 7.52. The molecule has 0 bridgehead atoms. The Morgan fingerprint density at radius 2 is 1.80 bits per heavy atom. The van der Waals surface area contributed by atoms with Crippen LogP contribution in [0.25, 0.3) is 0 Å². The highest BCUT2D eigenvalue weighted by Crippen LogP contribution is 2.18. The highest BCUT2D eigenvalue weighted by Gasteiger charge is 2.38. The lowest BCUT2D eigenvalue weighted by Crippen LogP contribution is -2.41. The molecule has 0 unspecified atom stereocenters. The third-order valence-electron chi connectivity index (χ3n) is 4.80. The lowest BCUT2D eigenvalue weighted by Gasteiger charge is -2.17. The van der Waals surface area contributed by atoms with Gasteiger partial charge in [0.15, 0.2) is 0 Å². The number of nitro benzene ring substituents is 1. The zero-order chi connectivity index (χ0) is 26.3. The SMILES string of the molecule is N=C(N)c1cccc(CN2CC[C@H](NC(=O)c3ccc([N+](=O)[O-])cc3)C2=O)c1.O=C(O)C(F)(F)F. The summed E-state index contributed by atoms with van der Waals surface area (Å²) in [7, 11) is 0. The number of alkyl halides is 3. The van der Waals surface area contributed by atoms with Gasteiger partial charge in [0.25, 0.3) is 11.6 Å². The quantitative estimate of drug-likeness (QED) is 0.205. The fourth-order valence-corrected chi connectivity index (χ4v) is 3.06. The number of nitrogens with zero attached hydrogens (tertiary/aromatic N) is 2. The fourth-order valence-electron chi connectivity index (χ4n) is 3.06. The number of nitro groups is 1. The van der Waals surface area contributed by atoms with Crippen LogP contribution in [0.2, 0.25) is 0 Å². The smallest absolute Gasteiger partial charge is 0.475 e. The van der Waals surface area contributed by atoms with Gasteiger partial charge in [-0.1, -0.05) is 18.2 Å². The molecule has 1 aliphatic rings. The minimum atomic E-state index is -5.08. The normalized spacial score (nSPS) is 15.1. The van der Waals surface area contributed by atoms with E-state index in [2.05, 4.69) is 5.32 Å². The van der Waals surface area contributed by atoms with Crippen molar-refractivity contribution in [2.75, 3.05) is 6.54 Å². The van der Waals surface area contributed by atoms with Crippen LogP contribution in [0.1, 0.15) is 27.9 Å². The molecule has 1 atom stereocenters. The number of hydrogen-bond acceptors (Lipinski definition) is 6. The number of halogens is 3. The molecule has 0 radical (unpaired) electrons. The summed E-state index contributed by atoms with van der Waals surface area (Å²) in [4.78, 5) is 45.6. The Kier molecular flexibility index (Phi) is 8.48. The van der Waals surface area contributed by atoms with Crippen LogP contribution in [0.4, 0.5) is 18.9 Å². The largest absolute Gasteiger partial charge is 0.490 e. The Bertz CT molecular complexity index is 1140. The van der Waals surface area contributed by atoms with Gasteiger partial charge in [0.1, 0.15) is 11.9 Å². The van der Waals surface area contributed by atoms with Gasteiger partial charge < -0.3 is 21.1 Å². The number of carboxylic acid groups (broad SMARTS) is 1. The molecule has 0 aromatic heterocycles. The summed E-state index contributed by atoms with van der Waals surface area (Å²) >= 11 is 0. The van der Waals surface area contributed by atoms with Gasteiger partial charge in [-0.15, -0.1) is 0 Å². The Balaban J connectivity index is 0.000000540. The van der Waals surface area contributed by atoms with Crippen LogP contribution in [0, 0.1) is 15.5 Å². The maximum Gasteiger partial charge on any atom is 0.490 e. The summed E-state index contributed by atoms with van der Waals surface area (Å²) < 4.78 is 31.7. The first-order valence-electron chi connectivity index (χ1n) is 9.87. The number of amides is 2. The standard InChI is InChI=1S/C19H19N5O4.C2HF3O2/c20-17(21)14-3-1-2-12(10-14)11-23-9-8-16(19(23)26)22-18(25)13-4-6-15(7-5-13)24(27)28;3-2(4,5)1(6)7/h1-7,10,16H,8-9,11H2,(H3,20,21)(H,22,25);(H,6,7)/t16-;/m0./s1. The predicted octanol–water partition coefficient (Wildman–Crippen LogP) is 2.04. The lowest BCUT2D eigenvalue weighted by atomic mass is 10.1. The summed E-state index contributed by atoms with van der Waals surface area (Å²) in [6.45, 7) is 0.859. The monoisotopic (exact) mass is 495 g/mol. The van der Waals surface area contributed by atoms with Gasteiger partial charge in [-0.05, 0) is 30.2 Å². The van der Waals surface area contributed by atoms with Crippen molar-refractivity contribution in [1.82, 2.24) is 10.2 Å². The first-order chi connectivity index (χ1) is 16.3. The van der Waals surface area contributed by atoms with Crippen LogP contribution in [0.5, 0.6) is 0 Å². The molecule has 11 nitrogen and oxygen atoms in total. The van der Waals surface area contributed by atoms with Crippen molar-refractivity contribution in [3.05, 3.63) is 75.3 Å². The number of rotatable bonds is 6. The minimum Gasteiger partial charge on any atom is -0.475 e. The summed E-state index contributed by atoms with van der Waals surface area (Å²) in [6, 6.07) is 11.7. The molecule has 1 aliphatic heterocycles. The first-order valence-corrected chi connectivity index (χ1v) is 9.87. The second-order valence-electron chi connectivity index (χ2n) is 7.30. The van der Waals surface area contributed by atoms with Crippen molar-refractivity contribution in [2.24, 2.45) is 5.73 Å². The van der Waals surface area contributed by atoms with Crippen LogP contribution in [0.3, 0.4) is 0 Å². The van der Waals surface area contributed by atoms with Gasteiger partial charge in [-0.2, -0.15) is 13.2 Å². The van der Waals surface area contributed by atoms with Crippen LogP contribution in [-0.4, -0.2) is 57.3 Å². The van der Waals surface area contributed by atoms with Crippen molar-refractivity contribution in [2.45, 2.75) is 25.2 Å². The van der Waals surface area contributed by atoms with Crippen molar-refractivity contribution < 1.29 is 37.6 Å². The van der Waals surface area contributed by atoms with Crippen LogP contribution >= 0.6 is 0 Å². The van der Waals surface area contributed by atoms with E-state index in [1.807, 2.05) is 6.07 Å². The molecular formula is C21H20F3N5O6. The Labute approximate surface area is 196 Å². The summed E-state index contributed by atoms with van der Waals surface area (Å²) in [6.07, 6.45) is -4.61. The Morgan fingerprint density at radius 1 is 1.20 bits per heavy atom. The molecule has 1 saturated heterocycles. The first kappa shape index (κ1) is 26.8. The van der Waals surface area contributed by atoms with E-state index in [1.165, 1.54) is 24.3 Å². The van der Waals surface area contributed by atoms with Crippen molar-refractivity contribution in [3.63, 3.8) is 0 Å². The predicted molar refractivity (Wildman–Crippen MR) is 116 cm³/mol. The number of nitrogen functional groups attached to an aromatic ring is 1. The summed E-state index contributed by atoms with van der Waals surface area (Å²) in [5, 5.41) is 28.0. The van der Waals surface area contributed by atoms with E-state index < -0.39 is 29.0 Å². The van der Waals surface area contributed by atoms with Crippen LogP contribution in [-0.2, 0) is 16.1 Å². The molecule has 0 spiro atoms. The molecule has 2 amide bonds. The summed E-state index contributed by atoms with van der Waals surface area (Å²) in [5.41, 5.74) is 7.09. The van der Waals surface area contributed by atoms with Gasteiger partial charge in [-0.25, -0.2) is 4.79 Å². The number of carboxylic acids is 1. The molecule has 2 aromatic carbocycles. The average Bonchev–Trinajstić information content (AvgIpc) is 3.12. The maximum absolute atomic E-state index is 12.6. The molecule has 1 heterocycles. The summed E-state index contributed by atoms with van der Waals surface area (Å²) in [5.74, 6) is -3.44. The van der Waals surface area contributed by atoms with Gasteiger partial charge in [-0.3, -0.25) is 25.1 Å². The van der Waals surface area contributed by atoms with E-state index >= 15 is 0 Å². The average molecular weight is 495 g/mol. The van der Waals surface area contributed by atoms with Gasteiger partial charge in [0.05, 0.1) is 4.92 Å². The second-order valence-corrected chi connectivity index (χ2v) is 7.30. The number of hydrogen-bond donors (Lipinski definition) is 4. The van der Waals surface area contributed by atoms with Crippen molar-refractivity contribution in [3.8, 4) is 0 Å². The molecule has 2 aromatic rings. The molecule has 0 saturated carbocycles. The van der Waals surface area contributed by atoms with Gasteiger partial charge in [0.2, 0.25) is 5.91 Å². The number of carbonyl (C=O) groups excluding carboxylic acids is 2. The molecule has 1 fully saturated rings. The molecule has 14 heteroatoms. The fraction of sp³-hybridized carbons (Fsp3) is 0.238. The van der Waals surface area contributed by atoms with Gasteiger partial charge >= 0.3 is 12.1 Å². The highest BCUT2D eigenvalue weighted by molar-refractivity contribution is 5.98. The second kappa shape index (κ2) is 11.1. The van der Waals surface area contributed by atoms with E-state index in [1.54, 1.807) is 23.1 Å². The zero-order valence-electron chi connectivity index (χ0n) is 17.9.